The van der Waals surface area contributed by atoms with Crippen LogP contribution < -0.4 is 10.1 Å². The number of nitrogens with one attached hydrogen (secondary N) is 1. The van der Waals surface area contributed by atoms with Crippen molar-refractivity contribution in [2.24, 2.45) is 0 Å². The molecule has 0 atom stereocenters. The van der Waals surface area contributed by atoms with Crippen molar-refractivity contribution in [3.8, 4) is 11.5 Å². The number of hydrogen-bond donors (Lipinski definition) is 2. The number of hydrogen-bond acceptors (Lipinski definition) is 3. The summed E-state index contributed by atoms with van der Waals surface area (Å²) in [4.78, 5) is 0. The molecule has 3 heteroatoms. The minimum absolute atomic E-state index is 0.111. The molecular weight excluding hydrogens is 250 g/mol. The number of rotatable bonds is 5. The van der Waals surface area contributed by atoms with Gasteiger partial charge in [0.2, 0.25) is 0 Å². The zero-order valence-corrected chi connectivity index (χ0v) is 11.3. The van der Waals surface area contributed by atoms with Gasteiger partial charge in [-0.15, -0.1) is 0 Å². The smallest absolute Gasteiger partial charge is 0.127 e. The minimum Gasteiger partial charge on any atom is -0.457 e. The number of aliphatic hydroxyl groups is 1. The zero-order valence-electron chi connectivity index (χ0n) is 11.3. The summed E-state index contributed by atoms with van der Waals surface area (Å²) in [6.45, 7) is 0.809. The highest BCUT2D eigenvalue weighted by atomic mass is 16.5. The lowest BCUT2D eigenvalue weighted by Crippen LogP contribution is -2.43. The highest BCUT2D eigenvalue weighted by molar-refractivity contribution is 5.33. The van der Waals surface area contributed by atoms with Gasteiger partial charge in [0.25, 0.3) is 0 Å². The molecule has 0 amide bonds. The molecule has 104 valence electrons. The molecule has 0 radical (unpaired) electrons. The normalized spacial score (nSPS) is 21.2. The number of para-hydroxylation sites is 1. The Hall–Kier alpha value is -1.84. The van der Waals surface area contributed by atoms with Gasteiger partial charge in [0.1, 0.15) is 11.5 Å². The summed E-state index contributed by atoms with van der Waals surface area (Å²) in [5.41, 5.74) is 1.19. The Labute approximate surface area is 119 Å². The first-order valence-corrected chi connectivity index (χ1v) is 7.03. The van der Waals surface area contributed by atoms with Gasteiger partial charge in [-0.2, -0.15) is 0 Å². The monoisotopic (exact) mass is 269 g/mol. The topological polar surface area (TPSA) is 41.5 Å². The Morgan fingerprint density at radius 2 is 1.75 bits per heavy atom. The summed E-state index contributed by atoms with van der Waals surface area (Å²) in [7, 11) is 0. The largest absolute Gasteiger partial charge is 0.457 e. The average molecular weight is 269 g/mol. The first-order valence-electron chi connectivity index (χ1n) is 7.03. The molecule has 2 aromatic rings. The van der Waals surface area contributed by atoms with Crippen LogP contribution in [-0.2, 0) is 6.54 Å². The minimum atomic E-state index is -0.111. The quantitative estimate of drug-likeness (QED) is 0.876. The van der Waals surface area contributed by atoms with Crippen molar-refractivity contribution in [3.05, 3.63) is 60.2 Å². The van der Waals surface area contributed by atoms with Gasteiger partial charge in [-0.25, -0.2) is 0 Å². The van der Waals surface area contributed by atoms with Crippen LogP contribution in [-0.4, -0.2) is 17.3 Å². The second kappa shape index (κ2) is 6.07. The van der Waals surface area contributed by atoms with Gasteiger partial charge in [-0.1, -0.05) is 30.3 Å². The maximum Gasteiger partial charge on any atom is 0.127 e. The maximum absolute atomic E-state index is 9.26. The van der Waals surface area contributed by atoms with Crippen LogP contribution >= 0.6 is 0 Å². The van der Waals surface area contributed by atoms with Crippen LogP contribution in [0, 0.1) is 0 Å². The van der Waals surface area contributed by atoms with Gasteiger partial charge < -0.3 is 15.2 Å². The van der Waals surface area contributed by atoms with Crippen molar-refractivity contribution in [1.82, 2.24) is 5.32 Å². The lowest BCUT2D eigenvalue weighted by Gasteiger charge is -2.32. The Balaban J connectivity index is 1.58. The number of ether oxygens (including phenoxy) is 1. The van der Waals surface area contributed by atoms with Gasteiger partial charge in [0.05, 0.1) is 6.10 Å². The summed E-state index contributed by atoms with van der Waals surface area (Å²) in [6, 6.07) is 18.3. The fraction of sp³-hybridized carbons (Fsp3) is 0.294. The second-order valence-electron chi connectivity index (χ2n) is 5.27. The van der Waals surface area contributed by atoms with Gasteiger partial charge in [-0.3, -0.25) is 0 Å². The van der Waals surface area contributed by atoms with E-state index in [1.807, 2.05) is 42.5 Å². The molecule has 3 nitrogen and oxygen atoms in total. The Morgan fingerprint density at radius 1 is 1.00 bits per heavy atom. The Morgan fingerprint density at radius 3 is 2.50 bits per heavy atom. The van der Waals surface area contributed by atoms with Gasteiger partial charge in [-0.05, 0) is 42.7 Å². The van der Waals surface area contributed by atoms with Crippen molar-refractivity contribution < 1.29 is 9.84 Å². The average Bonchev–Trinajstić information content (AvgIpc) is 2.44. The van der Waals surface area contributed by atoms with Crippen LogP contribution in [0.4, 0.5) is 0 Å². The van der Waals surface area contributed by atoms with Crippen molar-refractivity contribution in [1.29, 1.82) is 0 Å². The molecule has 1 aliphatic carbocycles. The summed E-state index contributed by atoms with van der Waals surface area (Å²) in [6.07, 6.45) is 1.61. The standard InChI is InChI=1S/C17H19NO2/c19-15-10-14(11-15)18-12-13-5-4-8-17(9-13)20-16-6-2-1-3-7-16/h1-9,14-15,18-19H,10-12H2. The molecule has 0 aliphatic heterocycles. The van der Waals surface area contributed by atoms with Crippen LogP contribution in [0.15, 0.2) is 54.6 Å². The Kier molecular flexibility index (Phi) is 4.00. The van der Waals surface area contributed by atoms with E-state index in [0.29, 0.717) is 6.04 Å². The van der Waals surface area contributed by atoms with E-state index in [-0.39, 0.29) is 6.10 Å². The lowest BCUT2D eigenvalue weighted by molar-refractivity contribution is 0.0619. The number of benzene rings is 2. The third kappa shape index (κ3) is 3.38. The molecule has 0 spiro atoms. The van der Waals surface area contributed by atoms with Crippen LogP contribution in [0.3, 0.4) is 0 Å². The molecule has 2 aromatic carbocycles. The third-order valence-electron chi connectivity index (χ3n) is 3.59. The van der Waals surface area contributed by atoms with Crippen molar-refractivity contribution in [2.75, 3.05) is 0 Å². The Bertz CT molecular complexity index is 550. The molecular formula is C17H19NO2. The molecule has 1 fully saturated rings. The molecule has 20 heavy (non-hydrogen) atoms. The maximum atomic E-state index is 9.26. The van der Waals surface area contributed by atoms with Crippen molar-refractivity contribution >= 4 is 0 Å². The highest BCUT2D eigenvalue weighted by Gasteiger charge is 2.26. The fourth-order valence-corrected chi connectivity index (χ4v) is 2.36. The van der Waals surface area contributed by atoms with Crippen LogP contribution in [0.2, 0.25) is 0 Å². The summed E-state index contributed by atoms with van der Waals surface area (Å²) in [5.74, 6) is 1.70. The molecule has 1 aliphatic rings. The fourth-order valence-electron chi connectivity index (χ4n) is 2.36. The molecule has 0 heterocycles. The lowest BCUT2D eigenvalue weighted by atomic mass is 9.89. The van der Waals surface area contributed by atoms with E-state index in [1.165, 1.54) is 5.56 Å². The van der Waals surface area contributed by atoms with Crippen molar-refractivity contribution in [3.63, 3.8) is 0 Å². The van der Waals surface area contributed by atoms with E-state index in [4.69, 9.17) is 4.74 Å². The van der Waals surface area contributed by atoms with E-state index in [0.717, 1.165) is 30.9 Å². The molecule has 0 unspecified atom stereocenters. The molecule has 0 saturated heterocycles. The summed E-state index contributed by atoms with van der Waals surface area (Å²) in [5, 5.41) is 12.7. The predicted molar refractivity (Wildman–Crippen MR) is 78.8 cm³/mol. The zero-order chi connectivity index (χ0) is 13.8. The molecule has 2 N–H and O–H groups in total. The first kappa shape index (κ1) is 13.2. The van der Waals surface area contributed by atoms with Crippen LogP contribution in [0.5, 0.6) is 11.5 Å². The summed E-state index contributed by atoms with van der Waals surface area (Å²) >= 11 is 0. The van der Waals surface area contributed by atoms with E-state index in [1.54, 1.807) is 0 Å². The van der Waals surface area contributed by atoms with Crippen LogP contribution in [0.25, 0.3) is 0 Å². The number of aliphatic hydroxyl groups excluding tert-OH is 1. The van der Waals surface area contributed by atoms with E-state index < -0.39 is 0 Å². The van der Waals surface area contributed by atoms with Crippen molar-refractivity contribution in [2.45, 2.75) is 31.5 Å². The van der Waals surface area contributed by atoms with Gasteiger partial charge in [0, 0.05) is 12.6 Å². The molecule has 1 saturated carbocycles. The molecule has 0 bridgehead atoms. The second-order valence-corrected chi connectivity index (χ2v) is 5.27. The first-order chi connectivity index (χ1) is 9.79. The SMILES string of the molecule is OC1CC(NCc2cccc(Oc3ccccc3)c2)C1. The predicted octanol–water partition coefficient (Wildman–Crippen LogP) is 3.09. The third-order valence-corrected chi connectivity index (χ3v) is 3.59. The van der Waals surface area contributed by atoms with E-state index >= 15 is 0 Å². The van der Waals surface area contributed by atoms with E-state index in [2.05, 4.69) is 17.4 Å². The van der Waals surface area contributed by atoms with E-state index in [9.17, 15) is 5.11 Å². The molecule has 3 rings (SSSR count). The van der Waals surface area contributed by atoms with Gasteiger partial charge >= 0.3 is 0 Å². The van der Waals surface area contributed by atoms with Crippen LogP contribution in [0.1, 0.15) is 18.4 Å². The molecule has 0 aromatic heterocycles. The van der Waals surface area contributed by atoms with Gasteiger partial charge in [0.15, 0.2) is 0 Å². The highest BCUT2D eigenvalue weighted by Crippen LogP contribution is 2.23. The summed E-state index contributed by atoms with van der Waals surface area (Å²) < 4.78 is 5.82.